The Morgan fingerprint density at radius 3 is 2.67 bits per heavy atom. The van der Waals surface area contributed by atoms with Crippen molar-refractivity contribution < 1.29 is 19.7 Å². The molecule has 2 atom stereocenters. The van der Waals surface area contributed by atoms with Crippen LogP contribution in [-0.2, 0) is 9.53 Å². The summed E-state index contributed by atoms with van der Waals surface area (Å²) in [4.78, 5) is 11.3. The number of aliphatic hydroxyl groups is 2. The van der Waals surface area contributed by atoms with Crippen LogP contribution in [0.1, 0.15) is 26.2 Å². The van der Waals surface area contributed by atoms with Crippen LogP contribution >= 0.6 is 11.8 Å². The van der Waals surface area contributed by atoms with Gasteiger partial charge in [-0.15, -0.1) is 11.8 Å². The minimum Gasteiger partial charge on any atom is -0.468 e. The summed E-state index contributed by atoms with van der Waals surface area (Å²) in [6.45, 7) is 1.79. The molecular weight excluding hydrogens is 216 g/mol. The zero-order valence-corrected chi connectivity index (χ0v) is 10.1. The first-order valence-electron chi connectivity index (χ1n) is 5.14. The van der Waals surface area contributed by atoms with E-state index in [1.54, 1.807) is 0 Å². The fourth-order valence-electron chi connectivity index (χ4n) is 1.07. The first kappa shape index (κ1) is 14.7. The molecule has 0 aromatic carbocycles. The predicted molar refractivity (Wildman–Crippen MR) is 60.9 cm³/mol. The molecule has 0 aromatic rings. The Morgan fingerprint density at radius 2 is 2.20 bits per heavy atom. The summed E-state index contributed by atoms with van der Waals surface area (Å²) in [5.41, 5.74) is 0. The molecule has 0 bridgehead atoms. The fraction of sp³-hybridized carbons (Fsp3) is 0.900. The van der Waals surface area contributed by atoms with E-state index in [9.17, 15) is 4.79 Å². The maximum atomic E-state index is 11.3. The Labute approximate surface area is 95.0 Å². The summed E-state index contributed by atoms with van der Waals surface area (Å²) in [7, 11) is 1.37. The highest BCUT2D eigenvalue weighted by Gasteiger charge is 2.20. The molecule has 0 radical (unpaired) electrons. The number of aliphatic hydroxyl groups excluding tert-OH is 2. The zero-order chi connectivity index (χ0) is 11.7. The van der Waals surface area contributed by atoms with Crippen LogP contribution in [0, 0.1) is 0 Å². The maximum Gasteiger partial charge on any atom is 0.318 e. The van der Waals surface area contributed by atoms with Gasteiger partial charge in [-0.2, -0.15) is 0 Å². The highest BCUT2D eigenvalue weighted by atomic mass is 32.2. The Hall–Kier alpha value is -0.260. The third-order valence-corrected chi connectivity index (χ3v) is 3.39. The van der Waals surface area contributed by atoms with Crippen molar-refractivity contribution in [1.29, 1.82) is 0 Å². The van der Waals surface area contributed by atoms with E-state index in [2.05, 4.69) is 11.7 Å². The standard InChI is InChI=1S/C10H20O4S/c1-3-4-5-9(10(13)14-2)15-7-8(12)6-11/h8-9,11-12H,3-7H2,1-2H3. The Morgan fingerprint density at radius 1 is 1.53 bits per heavy atom. The number of methoxy groups -OCH3 is 1. The predicted octanol–water partition coefficient (Wildman–Crippen LogP) is 0.805. The fourth-order valence-corrected chi connectivity index (χ4v) is 2.20. The summed E-state index contributed by atoms with van der Waals surface area (Å²) in [6.07, 6.45) is 1.98. The third kappa shape index (κ3) is 6.76. The molecule has 0 aromatic heterocycles. The number of esters is 1. The molecule has 4 nitrogen and oxygen atoms in total. The molecule has 5 heteroatoms. The van der Waals surface area contributed by atoms with Crippen LogP contribution in [0.25, 0.3) is 0 Å². The molecule has 0 amide bonds. The first-order valence-corrected chi connectivity index (χ1v) is 6.18. The number of carbonyl (C=O) groups excluding carboxylic acids is 1. The van der Waals surface area contributed by atoms with Crippen molar-refractivity contribution >= 4 is 17.7 Å². The van der Waals surface area contributed by atoms with Gasteiger partial charge >= 0.3 is 5.97 Å². The van der Waals surface area contributed by atoms with Crippen LogP contribution in [0.4, 0.5) is 0 Å². The summed E-state index contributed by atoms with van der Waals surface area (Å²) in [5, 5.41) is 17.6. The number of thioether (sulfide) groups is 1. The third-order valence-electron chi connectivity index (χ3n) is 1.98. The van der Waals surface area contributed by atoms with Crippen LogP contribution < -0.4 is 0 Å². The lowest BCUT2D eigenvalue weighted by molar-refractivity contribution is -0.140. The van der Waals surface area contributed by atoms with Crippen LogP contribution in [0.5, 0.6) is 0 Å². The lowest BCUT2D eigenvalue weighted by Crippen LogP contribution is -2.23. The first-order chi connectivity index (χ1) is 7.15. The van der Waals surface area contributed by atoms with Crippen molar-refractivity contribution in [2.75, 3.05) is 19.5 Å². The van der Waals surface area contributed by atoms with Crippen molar-refractivity contribution in [3.8, 4) is 0 Å². The molecule has 0 aliphatic rings. The van der Waals surface area contributed by atoms with Gasteiger partial charge in [0.05, 0.1) is 19.8 Å². The van der Waals surface area contributed by atoms with E-state index in [4.69, 9.17) is 10.2 Å². The van der Waals surface area contributed by atoms with Gasteiger partial charge < -0.3 is 14.9 Å². The number of carbonyl (C=O) groups is 1. The number of unbranched alkanes of at least 4 members (excludes halogenated alkanes) is 1. The number of rotatable bonds is 8. The minimum atomic E-state index is -0.760. The van der Waals surface area contributed by atoms with Gasteiger partial charge in [0.2, 0.25) is 0 Å². The van der Waals surface area contributed by atoms with E-state index in [0.29, 0.717) is 5.75 Å². The summed E-state index contributed by atoms with van der Waals surface area (Å²) in [5.74, 6) is 0.110. The highest BCUT2D eigenvalue weighted by Crippen LogP contribution is 2.19. The van der Waals surface area contributed by atoms with Gasteiger partial charge in [-0.05, 0) is 6.42 Å². The average molecular weight is 236 g/mol. The molecular formula is C10H20O4S. The molecule has 90 valence electrons. The van der Waals surface area contributed by atoms with Crippen molar-refractivity contribution in [2.24, 2.45) is 0 Å². The van der Waals surface area contributed by atoms with E-state index >= 15 is 0 Å². The molecule has 0 saturated carbocycles. The van der Waals surface area contributed by atoms with Gasteiger partial charge in [-0.25, -0.2) is 0 Å². The molecule has 0 heterocycles. The van der Waals surface area contributed by atoms with Crippen LogP contribution in [0.2, 0.25) is 0 Å². The average Bonchev–Trinajstić information content (AvgIpc) is 2.27. The van der Waals surface area contributed by atoms with Gasteiger partial charge in [-0.3, -0.25) is 4.79 Å². The minimum absolute atomic E-state index is 0.226. The smallest absolute Gasteiger partial charge is 0.318 e. The summed E-state index contributed by atoms with van der Waals surface area (Å²) >= 11 is 1.34. The van der Waals surface area contributed by atoms with Gasteiger partial charge in [0.1, 0.15) is 5.25 Å². The Bertz CT molecular complexity index is 175. The molecule has 0 fully saturated rings. The van der Waals surface area contributed by atoms with E-state index in [-0.39, 0.29) is 17.8 Å². The number of hydrogen-bond acceptors (Lipinski definition) is 5. The number of hydrogen-bond donors (Lipinski definition) is 2. The molecule has 2 N–H and O–H groups in total. The lowest BCUT2D eigenvalue weighted by Gasteiger charge is -2.15. The largest absolute Gasteiger partial charge is 0.468 e. The van der Waals surface area contributed by atoms with Crippen LogP contribution in [0.3, 0.4) is 0 Å². The van der Waals surface area contributed by atoms with E-state index < -0.39 is 6.10 Å². The normalized spacial score (nSPS) is 14.7. The molecule has 0 rings (SSSR count). The van der Waals surface area contributed by atoms with Gasteiger partial charge in [-0.1, -0.05) is 19.8 Å². The Balaban J connectivity index is 3.95. The van der Waals surface area contributed by atoms with Crippen molar-refractivity contribution in [1.82, 2.24) is 0 Å². The van der Waals surface area contributed by atoms with Gasteiger partial charge in [0.15, 0.2) is 0 Å². The van der Waals surface area contributed by atoms with Crippen LogP contribution in [-0.4, -0.2) is 47.0 Å². The lowest BCUT2D eigenvalue weighted by atomic mass is 10.2. The second-order valence-electron chi connectivity index (χ2n) is 3.32. The molecule has 0 saturated heterocycles. The second-order valence-corrected chi connectivity index (χ2v) is 4.56. The topological polar surface area (TPSA) is 66.8 Å². The second kappa shape index (κ2) is 9.00. The maximum absolute atomic E-state index is 11.3. The van der Waals surface area contributed by atoms with Crippen molar-refractivity contribution in [2.45, 2.75) is 37.5 Å². The van der Waals surface area contributed by atoms with E-state index in [1.165, 1.54) is 18.9 Å². The van der Waals surface area contributed by atoms with Gasteiger partial charge in [0, 0.05) is 5.75 Å². The molecule has 15 heavy (non-hydrogen) atoms. The highest BCUT2D eigenvalue weighted by molar-refractivity contribution is 8.00. The molecule has 0 aliphatic carbocycles. The summed E-state index contributed by atoms with van der Waals surface area (Å²) < 4.78 is 4.67. The SMILES string of the molecule is CCCCC(SCC(O)CO)C(=O)OC. The number of ether oxygens (including phenoxy) is 1. The van der Waals surface area contributed by atoms with Crippen molar-refractivity contribution in [3.05, 3.63) is 0 Å². The quantitative estimate of drug-likeness (QED) is 0.610. The Kier molecular flexibility index (Phi) is 8.85. The zero-order valence-electron chi connectivity index (χ0n) is 9.31. The molecule has 2 unspecified atom stereocenters. The molecule has 0 aliphatic heterocycles. The van der Waals surface area contributed by atoms with Crippen molar-refractivity contribution in [3.63, 3.8) is 0 Å². The van der Waals surface area contributed by atoms with E-state index in [0.717, 1.165) is 19.3 Å². The molecule has 0 spiro atoms. The van der Waals surface area contributed by atoms with Gasteiger partial charge in [0.25, 0.3) is 0 Å². The monoisotopic (exact) mass is 236 g/mol. The van der Waals surface area contributed by atoms with Crippen LogP contribution in [0.15, 0.2) is 0 Å². The summed E-state index contributed by atoms with van der Waals surface area (Å²) in [6, 6.07) is 0. The van der Waals surface area contributed by atoms with E-state index in [1.807, 2.05) is 0 Å².